The minimum absolute atomic E-state index is 0.628. The van der Waals surface area contributed by atoms with Crippen LogP contribution in [0.25, 0.3) is 16.9 Å². The summed E-state index contributed by atoms with van der Waals surface area (Å²) in [4.78, 5) is 13.2. The molecule has 2 aromatic heterocycles. The van der Waals surface area contributed by atoms with Gasteiger partial charge in [0.05, 0.1) is 15.5 Å². The van der Waals surface area contributed by atoms with Gasteiger partial charge < -0.3 is 5.32 Å². The summed E-state index contributed by atoms with van der Waals surface area (Å²) >= 11 is 3.50. The van der Waals surface area contributed by atoms with Crippen molar-refractivity contribution < 1.29 is 0 Å². The van der Waals surface area contributed by atoms with E-state index in [9.17, 15) is 0 Å². The minimum Gasteiger partial charge on any atom is -0.354 e. The summed E-state index contributed by atoms with van der Waals surface area (Å²) in [7, 11) is 0. The van der Waals surface area contributed by atoms with Crippen LogP contribution in [0.4, 0.5) is 5.95 Å². The van der Waals surface area contributed by atoms with Crippen LogP contribution in [0.2, 0.25) is 0 Å². The van der Waals surface area contributed by atoms with Crippen molar-refractivity contribution in [3.63, 3.8) is 0 Å². The Morgan fingerprint density at radius 1 is 1.25 bits per heavy atom. The number of hydrogen-bond donors (Lipinski definition) is 1. The molecule has 0 aliphatic carbocycles. The Bertz CT molecular complexity index is 737. The molecule has 6 heteroatoms. The van der Waals surface area contributed by atoms with Crippen molar-refractivity contribution >= 4 is 32.9 Å². The van der Waals surface area contributed by atoms with Crippen LogP contribution in [0, 0.1) is 0 Å². The molecule has 0 amide bonds. The number of aromatic nitrogens is 4. The Morgan fingerprint density at radius 2 is 2.10 bits per heavy atom. The van der Waals surface area contributed by atoms with Crippen molar-refractivity contribution in [2.24, 2.45) is 0 Å². The Labute approximate surface area is 125 Å². The molecule has 0 atom stereocenters. The topological polar surface area (TPSA) is 55.6 Å². The van der Waals surface area contributed by atoms with Crippen LogP contribution in [0.3, 0.4) is 0 Å². The Morgan fingerprint density at radius 3 is 2.95 bits per heavy atom. The van der Waals surface area contributed by atoms with Crippen molar-refractivity contribution in [3.8, 4) is 5.82 Å². The maximum absolute atomic E-state index is 4.56. The predicted molar refractivity (Wildman–Crippen MR) is 83.1 cm³/mol. The van der Waals surface area contributed by atoms with Gasteiger partial charge in [-0.15, -0.1) is 0 Å². The van der Waals surface area contributed by atoms with E-state index < -0.39 is 0 Å². The number of imidazole rings is 1. The van der Waals surface area contributed by atoms with Gasteiger partial charge in [-0.2, -0.15) is 4.98 Å². The van der Waals surface area contributed by atoms with E-state index in [1.165, 1.54) is 0 Å². The third-order valence-electron chi connectivity index (χ3n) is 2.94. The number of rotatable bonds is 4. The lowest BCUT2D eigenvalue weighted by Crippen LogP contribution is -2.07. The molecule has 102 valence electrons. The van der Waals surface area contributed by atoms with Crippen LogP contribution in [-0.2, 0) is 0 Å². The quantitative estimate of drug-likeness (QED) is 0.796. The average molecular weight is 332 g/mol. The molecular weight excluding hydrogens is 318 g/mol. The Hall–Kier alpha value is -1.95. The molecule has 3 rings (SSSR count). The van der Waals surface area contributed by atoms with Gasteiger partial charge in [0.1, 0.15) is 6.33 Å². The zero-order valence-electron chi connectivity index (χ0n) is 11.0. The SMILES string of the molecule is CCCNc1ncc(Br)c(-n2cnc3ccccc32)n1. The number of hydrogen-bond acceptors (Lipinski definition) is 4. The maximum atomic E-state index is 4.56. The molecule has 0 spiro atoms. The molecule has 1 aromatic carbocycles. The van der Waals surface area contributed by atoms with E-state index in [1.807, 2.05) is 28.8 Å². The van der Waals surface area contributed by atoms with E-state index in [0.29, 0.717) is 5.95 Å². The summed E-state index contributed by atoms with van der Waals surface area (Å²) in [6.07, 6.45) is 4.57. The van der Waals surface area contributed by atoms with Crippen molar-refractivity contribution in [3.05, 3.63) is 41.3 Å². The highest BCUT2D eigenvalue weighted by atomic mass is 79.9. The summed E-state index contributed by atoms with van der Waals surface area (Å²) < 4.78 is 2.79. The molecule has 0 saturated heterocycles. The Balaban J connectivity index is 2.08. The van der Waals surface area contributed by atoms with Crippen molar-refractivity contribution in [2.75, 3.05) is 11.9 Å². The van der Waals surface area contributed by atoms with Gasteiger partial charge in [-0.1, -0.05) is 19.1 Å². The molecule has 0 aliphatic heterocycles. The van der Waals surface area contributed by atoms with E-state index in [2.05, 4.69) is 43.1 Å². The zero-order valence-corrected chi connectivity index (χ0v) is 12.6. The van der Waals surface area contributed by atoms with E-state index in [4.69, 9.17) is 0 Å². The standard InChI is InChI=1S/C14H14BrN5/c1-2-7-16-14-17-8-10(15)13(19-14)20-9-18-11-5-3-4-6-12(11)20/h3-6,8-9H,2,7H2,1H3,(H,16,17,19). The number of para-hydroxylation sites is 2. The molecule has 0 aliphatic rings. The first-order valence-electron chi connectivity index (χ1n) is 6.48. The lowest BCUT2D eigenvalue weighted by molar-refractivity contribution is 0.930. The highest BCUT2D eigenvalue weighted by molar-refractivity contribution is 9.10. The molecule has 0 saturated carbocycles. The second-order valence-corrected chi connectivity index (χ2v) is 5.25. The van der Waals surface area contributed by atoms with Crippen LogP contribution in [-0.4, -0.2) is 26.1 Å². The monoisotopic (exact) mass is 331 g/mol. The summed E-state index contributed by atoms with van der Waals surface area (Å²) in [6.45, 7) is 2.96. The molecule has 3 aromatic rings. The lowest BCUT2D eigenvalue weighted by atomic mass is 10.3. The Kier molecular flexibility index (Phi) is 3.64. The second kappa shape index (κ2) is 5.58. The van der Waals surface area contributed by atoms with Crippen molar-refractivity contribution in [1.29, 1.82) is 0 Å². The summed E-state index contributed by atoms with van der Waals surface area (Å²) in [5.41, 5.74) is 1.97. The van der Waals surface area contributed by atoms with Gasteiger partial charge in [0.25, 0.3) is 0 Å². The average Bonchev–Trinajstić information content (AvgIpc) is 2.90. The van der Waals surface area contributed by atoms with Crippen LogP contribution in [0.5, 0.6) is 0 Å². The fourth-order valence-electron chi connectivity index (χ4n) is 1.98. The molecule has 1 N–H and O–H groups in total. The van der Waals surface area contributed by atoms with Gasteiger partial charge >= 0.3 is 0 Å². The van der Waals surface area contributed by atoms with Crippen LogP contribution in [0.15, 0.2) is 41.3 Å². The first kappa shape index (κ1) is 13.1. The van der Waals surface area contributed by atoms with E-state index >= 15 is 0 Å². The van der Waals surface area contributed by atoms with Gasteiger partial charge in [0, 0.05) is 12.7 Å². The molecule has 2 heterocycles. The third kappa shape index (κ3) is 2.38. The first-order valence-corrected chi connectivity index (χ1v) is 7.27. The largest absolute Gasteiger partial charge is 0.354 e. The zero-order chi connectivity index (χ0) is 13.9. The van der Waals surface area contributed by atoms with Crippen LogP contribution < -0.4 is 5.32 Å². The molecule has 5 nitrogen and oxygen atoms in total. The lowest BCUT2D eigenvalue weighted by Gasteiger charge is -2.08. The van der Waals surface area contributed by atoms with Crippen LogP contribution in [0.1, 0.15) is 13.3 Å². The fourth-order valence-corrected chi connectivity index (χ4v) is 2.36. The number of halogens is 1. The summed E-state index contributed by atoms with van der Waals surface area (Å²) in [5, 5.41) is 3.20. The van der Waals surface area contributed by atoms with E-state index in [1.54, 1.807) is 12.5 Å². The second-order valence-electron chi connectivity index (χ2n) is 4.40. The molecule has 0 fully saturated rings. The molecule has 0 unspecified atom stereocenters. The van der Waals surface area contributed by atoms with Gasteiger partial charge in [-0.25, -0.2) is 9.97 Å². The smallest absolute Gasteiger partial charge is 0.224 e. The molecule has 20 heavy (non-hydrogen) atoms. The number of fused-ring (bicyclic) bond motifs is 1. The van der Waals surface area contributed by atoms with Crippen molar-refractivity contribution in [1.82, 2.24) is 19.5 Å². The highest BCUT2D eigenvalue weighted by Crippen LogP contribution is 2.23. The summed E-state index contributed by atoms with van der Waals surface area (Å²) in [6, 6.07) is 7.97. The van der Waals surface area contributed by atoms with Gasteiger partial charge in [0.15, 0.2) is 5.82 Å². The first-order chi connectivity index (χ1) is 9.79. The number of benzene rings is 1. The fraction of sp³-hybridized carbons (Fsp3) is 0.214. The third-order valence-corrected chi connectivity index (χ3v) is 3.50. The minimum atomic E-state index is 0.628. The van der Waals surface area contributed by atoms with Crippen LogP contribution >= 0.6 is 15.9 Å². The molecule has 0 radical (unpaired) electrons. The van der Waals surface area contributed by atoms with Gasteiger partial charge in [0.2, 0.25) is 5.95 Å². The van der Waals surface area contributed by atoms with E-state index in [-0.39, 0.29) is 0 Å². The van der Waals surface area contributed by atoms with Gasteiger partial charge in [-0.05, 0) is 34.5 Å². The highest BCUT2D eigenvalue weighted by Gasteiger charge is 2.10. The van der Waals surface area contributed by atoms with Gasteiger partial charge in [-0.3, -0.25) is 4.57 Å². The van der Waals surface area contributed by atoms with Crippen molar-refractivity contribution in [2.45, 2.75) is 13.3 Å². The predicted octanol–water partition coefficient (Wildman–Crippen LogP) is 3.40. The summed E-state index contributed by atoms with van der Waals surface area (Å²) in [5.74, 6) is 1.41. The normalized spacial score (nSPS) is 10.9. The number of nitrogens with zero attached hydrogens (tertiary/aromatic N) is 4. The number of nitrogens with one attached hydrogen (secondary N) is 1. The van der Waals surface area contributed by atoms with E-state index in [0.717, 1.165) is 34.3 Å². The molecule has 0 bridgehead atoms. The number of anilines is 1. The maximum Gasteiger partial charge on any atom is 0.224 e. The molecular formula is C14H14BrN5.